The highest BCUT2D eigenvalue weighted by atomic mass is 16.5. The van der Waals surface area contributed by atoms with Gasteiger partial charge in [0, 0.05) is 7.11 Å². The average Bonchev–Trinajstić information content (AvgIpc) is 2.64. The van der Waals surface area contributed by atoms with Crippen molar-refractivity contribution in [1.29, 1.82) is 0 Å². The highest BCUT2D eigenvalue weighted by molar-refractivity contribution is 6.09. The number of methoxy groups -OCH3 is 1. The Hall–Kier alpha value is -0.900. The number of ether oxygens (including phenoxy) is 1. The Kier molecular flexibility index (Phi) is 4.08. The van der Waals surface area contributed by atoms with Crippen LogP contribution in [-0.4, -0.2) is 30.5 Å². The zero-order chi connectivity index (χ0) is 12.3. The summed E-state index contributed by atoms with van der Waals surface area (Å²) in [6.45, 7) is 8.10. The molecule has 0 fully saturated rings. The van der Waals surface area contributed by atoms with Crippen molar-refractivity contribution in [3.63, 3.8) is 0 Å². The van der Waals surface area contributed by atoms with E-state index in [1.807, 2.05) is 27.7 Å². The van der Waals surface area contributed by atoms with Gasteiger partial charge in [0.05, 0.1) is 0 Å². The number of carbonyl (C=O) groups excluding carboxylic acids is 1. The molecule has 1 rings (SSSR count). The average molecular weight is 226 g/mol. The number of nitrogens with one attached hydrogen (secondary N) is 1. The molecule has 0 aromatic heterocycles. The fourth-order valence-electron chi connectivity index (χ4n) is 2.07. The van der Waals surface area contributed by atoms with Crippen molar-refractivity contribution >= 4 is 11.7 Å². The Balaban J connectivity index is 2.97. The Morgan fingerprint density at radius 3 is 2.31 bits per heavy atom. The molecule has 0 aromatic rings. The maximum atomic E-state index is 11.7. The van der Waals surface area contributed by atoms with Gasteiger partial charge >= 0.3 is 0 Å². The molecule has 1 N–H and O–H groups in total. The van der Waals surface area contributed by atoms with Crippen LogP contribution in [0.2, 0.25) is 0 Å². The highest BCUT2D eigenvalue weighted by Gasteiger charge is 2.40. The van der Waals surface area contributed by atoms with Crippen molar-refractivity contribution in [1.82, 2.24) is 5.32 Å². The van der Waals surface area contributed by atoms with E-state index >= 15 is 0 Å². The third-order valence-electron chi connectivity index (χ3n) is 3.37. The van der Waals surface area contributed by atoms with Crippen LogP contribution in [0.1, 0.15) is 40.5 Å². The minimum absolute atomic E-state index is 0.00618. The van der Waals surface area contributed by atoms with Crippen LogP contribution < -0.4 is 5.32 Å². The highest BCUT2D eigenvalue weighted by Crippen LogP contribution is 2.25. The lowest BCUT2D eigenvalue weighted by molar-refractivity contribution is -0.121. The smallest absolute Gasteiger partial charge is 0.250 e. The van der Waals surface area contributed by atoms with Crippen LogP contribution in [0.25, 0.3) is 0 Å². The molecule has 1 amide bonds. The second-order valence-electron chi connectivity index (χ2n) is 4.56. The van der Waals surface area contributed by atoms with Crippen LogP contribution in [-0.2, 0) is 9.53 Å². The van der Waals surface area contributed by atoms with E-state index < -0.39 is 5.60 Å². The molecule has 0 aromatic carbocycles. The lowest BCUT2D eigenvalue weighted by Gasteiger charge is -2.29. The molecule has 1 unspecified atom stereocenters. The summed E-state index contributed by atoms with van der Waals surface area (Å²) in [6.07, 6.45) is 1.62. The first-order valence-electron chi connectivity index (χ1n) is 5.95. The Labute approximate surface area is 97.5 Å². The number of aliphatic imine (C=N–C) groups is 1. The van der Waals surface area contributed by atoms with Gasteiger partial charge in [-0.15, -0.1) is 0 Å². The third-order valence-corrected chi connectivity index (χ3v) is 3.37. The molecule has 1 aliphatic heterocycles. The molecule has 16 heavy (non-hydrogen) atoms. The van der Waals surface area contributed by atoms with E-state index in [-0.39, 0.29) is 17.9 Å². The lowest BCUT2D eigenvalue weighted by atomic mass is 9.95. The molecule has 1 atom stereocenters. The Morgan fingerprint density at radius 1 is 1.44 bits per heavy atom. The predicted octanol–water partition coefficient (Wildman–Crippen LogP) is 1.74. The van der Waals surface area contributed by atoms with E-state index in [0.717, 1.165) is 12.8 Å². The van der Waals surface area contributed by atoms with E-state index in [1.165, 1.54) is 0 Å². The molecule has 0 bridgehead atoms. The van der Waals surface area contributed by atoms with Gasteiger partial charge in [0.15, 0.2) is 0 Å². The lowest BCUT2D eigenvalue weighted by Crippen LogP contribution is -2.47. The van der Waals surface area contributed by atoms with Crippen molar-refractivity contribution in [2.75, 3.05) is 7.11 Å². The van der Waals surface area contributed by atoms with Crippen LogP contribution in [0.3, 0.4) is 0 Å². The maximum absolute atomic E-state index is 11.7. The van der Waals surface area contributed by atoms with E-state index in [0.29, 0.717) is 5.84 Å². The summed E-state index contributed by atoms with van der Waals surface area (Å²) in [4.78, 5) is 16.2. The fraction of sp³-hybridized carbons (Fsp3) is 0.833. The number of hydrogen-bond acceptors (Lipinski definition) is 3. The molecule has 4 nitrogen and oxygen atoms in total. The van der Waals surface area contributed by atoms with Gasteiger partial charge in [0.1, 0.15) is 17.5 Å². The first-order chi connectivity index (χ1) is 7.50. The zero-order valence-corrected chi connectivity index (χ0v) is 10.8. The fourth-order valence-corrected chi connectivity index (χ4v) is 2.07. The molecule has 92 valence electrons. The normalized spacial score (nSPS) is 21.2. The number of hydrogen-bond donors (Lipinski definition) is 1. The standard InChI is InChI=1S/C12H22N2O2/c1-6-12(7-2,16-5)11-13-9(8(3)4)10(15)14-11/h8-9H,6-7H2,1-5H3,(H,13,14,15). The maximum Gasteiger partial charge on any atom is 0.250 e. The molecular weight excluding hydrogens is 204 g/mol. The van der Waals surface area contributed by atoms with E-state index in [4.69, 9.17) is 4.74 Å². The van der Waals surface area contributed by atoms with E-state index in [1.54, 1.807) is 7.11 Å². The van der Waals surface area contributed by atoms with Crippen molar-refractivity contribution in [3.8, 4) is 0 Å². The van der Waals surface area contributed by atoms with Gasteiger partial charge in [-0.1, -0.05) is 27.7 Å². The van der Waals surface area contributed by atoms with Gasteiger partial charge in [0.25, 0.3) is 0 Å². The Bertz CT molecular complexity index is 285. The summed E-state index contributed by atoms with van der Waals surface area (Å²) in [5, 5.41) is 2.87. The summed E-state index contributed by atoms with van der Waals surface area (Å²) >= 11 is 0. The van der Waals surface area contributed by atoms with Gasteiger partial charge in [-0.3, -0.25) is 9.79 Å². The number of amides is 1. The van der Waals surface area contributed by atoms with Crippen molar-refractivity contribution in [3.05, 3.63) is 0 Å². The van der Waals surface area contributed by atoms with Crippen LogP contribution in [0.5, 0.6) is 0 Å². The predicted molar refractivity (Wildman–Crippen MR) is 64.5 cm³/mol. The molecule has 0 radical (unpaired) electrons. The second-order valence-corrected chi connectivity index (χ2v) is 4.56. The summed E-state index contributed by atoms with van der Waals surface area (Å²) in [5.74, 6) is 0.915. The summed E-state index contributed by atoms with van der Waals surface area (Å²) in [7, 11) is 1.67. The summed E-state index contributed by atoms with van der Waals surface area (Å²) < 4.78 is 5.55. The van der Waals surface area contributed by atoms with Gasteiger partial charge < -0.3 is 10.1 Å². The summed E-state index contributed by atoms with van der Waals surface area (Å²) in [5.41, 5.74) is -0.431. The second kappa shape index (κ2) is 4.95. The third kappa shape index (κ3) is 2.12. The van der Waals surface area contributed by atoms with Crippen molar-refractivity contribution in [2.45, 2.75) is 52.2 Å². The molecule has 1 aliphatic rings. The SMILES string of the molecule is CCC(CC)(OC)C1=NC(C(C)C)C(=O)N1. The Morgan fingerprint density at radius 2 is 2.00 bits per heavy atom. The minimum atomic E-state index is -0.431. The quantitative estimate of drug-likeness (QED) is 0.776. The largest absolute Gasteiger partial charge is 0.370 e. The van der Waals surface area contributed by atoms with Crippen LogP contribution in [0.4, 0.5) is 0 Å². The summed E-state index contributed by atoms with van der Waals surface area (Å²) in [6, 6.07) is -0.261. The first-order valence-corrected chi connectivity index (χ1v) is 5.95. The number of nitrogens with zero attached hydrogens (tertiary/aromatic N) is 1. The molecule has 1 heterocycles. The zero-order valence-electron chi connectivity index (χ0n) is 10.8. The topological polar surface area (TPSA) is 50.7 Å². The van der Waals surface area contributed by atoms with E-state index in [9.17, 15) is 4.79 Å². The van der Waals surface area contributed by atoms with Crippen LogP contribution in [0, 0.1) is 5.92 Å². The van der Waals surface area contributed by atoms with Crippen LogP contribution >= 0.6 is 0 Å². The number of rotatable bonds is 5. The molecule has 4 heteroatoms. The van der Waals surface area contributed by atoms with Gasteiger partial charge in [-0.05, 0) is 18.8 Å². The molecule has 0 spiro atoms. The van der Waals surface area contributed by atoms with Crippen molar-refractivity contribution < 1.29 is 9.53 Å². The van der Waals surface area contributed by atoms with Crippen molar-refractivity contribution in [2.24, 2.45) is 10.9 Å². The monoisotopic (exact) mass is 226 g/mol. The molecule has 0 aliphatic carbocycles. The number of carbonyl (C=O) groups is 1. The molecule has 0 saturated carbocycles. The van der Waals surface area contributed by atoms with E-state index in [2.05, 4.69) is 10.3 Å². The molecule has 0 saturated heterocycles. The van der Waals surface area contributed by atoms with Gasteiger partial charge in [0.2, 0.25) is 5.91 Å². The van der Waals surface area contributed by atoms with Crippen LogP contribution in [0.15, 0.2) is 4.99 Å². The first kappa shape index (κ1) is 13.2. The van der Waals surface area contributed by atoms with Gasteiger partial charge in [-0.2, -0.15) is 0 Å². The number of amidine groups is 1. The van der Waals surface area contributed by atoms with Gasteiger partial charge in [-0.25, -0.2) is 0 Å². The molecular formula is C12H22N2O2. The minimum Gasteiger partial charge on any atom is -0.370 e.